The van der Waals surface area contributed by atoms with Crippen LogP contribution in [0.2, 0.25) is 0 Å². The lowest BCUT2D eigenvalue weighted by Crippen LogP contribution is -2.45. The number of aromatic nitrogens is 2. The highest BCUT2D eigenvalue weighted by Crippen LogP contribution is 2.26. The minimum Gasteiger partial charge on any atom is -0.329 e. The number of imidazole rings is 1. The molecule has 3 N–H and O–H groups in total. The molecule has 0 saturated heterocycles. The number of hydrogen-bond donors (Lipinski definition) is 2. The maximum Gasteiger partial charge on any atom is 0.243 e. The lowest BCUT2D eigenvalue weighted by atomic mass is 10.1. The lowest BCUT2D eigenvalue weighted by Gasteiger charge is -2.17. The molecule has 20 heavy (non-hydrogen) atoms. The molecule has 0 spiro atoms. The van der Waals surface area contributed by atoms with Gasteiger partial charge in [-0.3, -0.25) is 4.79 Å². The Hall–Kier alpha value is -1.79. The average Bonchev–Trinajstić information content (AvgIpc) is 2.76. The molecule has 6 heteroatoms. The van der Waals surface area contributed by atoms with E-state index in [0.717, 1.165) is 15.7 Å². The zero-order valence-electron chi connectivity index (χ0n) is 11.8. The summed E-state index contributed by atoms with van der Waals surface area (Å²) in [4.78, 5) is 17.1. The van der Waals surface area contributed by atoms with Crippen molar-refractivity contribution in [3.05, 3.63) is 36.7 Å². The first-order valence-corrected chi connectivity index (χ1v) is 7.03. The molecule has 0 bridgehead atoms. The summed E-state index contributed by atoms with van der Waals surface area (Å²) < 4.78 is 1.96. The Morgan fingerprint density at radius 2 is 2.00 bits per heavy atom. The second kappa shape index (κ2) is 5.68. The van der Waals surface area contributed by atoms with E-state index < -0.39 is 5.54 Å². The van der Waals surface area contributed by atoms with Gasteiger partial charge in [0.1, 0.15) is 0 Å². The number of nitrogens with zero attached hydrogens (tertiary/aromatic N) is 2. The minimum absolute atomic E-state index is 0.206. The summed E-state index contributed by atoms with van der Waals surface area (Å²) in [5.74, 6) is -0.206. The lowest BCUT2D eigenvalue weighted by molar-refractivity contribution is -0.120. The highest BCUT2D eigenvalue weighted by atomic mass is 32.2. The van der Waals surface area contributed by atoms with Crippen molar-refractivity contribution >= 4 is 23.4 Å². The number of nitrogens with two attached hydrogens (primary N) is 1. The van der Waals surface area contributed by atoms with Crippen LogP contribution in [0.15, 0.2) is 46.7 Å². The van der Waals surface area contributed by atoms with Gasteiger partial charge in [0.15, 0.2) is 5.16 Å². The average molecular weight is 290 g/mol. The van der Waals surface area contributed by atoms with Crippen LogP contribution >= 0.6 is 11.8 Å². The van der Waals surface area contributed by atoms with Gasteiger partial charge in [-0.2, -0.15) is 0 Å². The number of amides is 1. The molecule has 1 heterocycles. The maximum absolute atomic E-state index is 11.8. The van der Waals surface area contributed by atoms with Crippen molar-refractivity contribution in [2.24, 2.45) is 12.8 Å². The number of carbonyl (C=O) groups is 1. The first-order valence-electron chi connectivity index (χ1n) is 6.22. The normalized spacial score (nSPS) is 11.4. The van der Waals surface area contributed by atoms with Crippen molar-refractivity contribution in [1.29, 1.82) is 0 Å². The van der Waals surface area contributed by atoms with Gasteiger partial charge >= 0.3 is 0 Å². The third kappa shape index (κ3) is 3.61. The molecular weight excluding hydrogens is 272 g/mol. The highest BCUT2D eigenvalue weighted by Gasteiger charge is 2.21. The summed E-state index contributed by atoms with van der Waals surface area (Å²) in [6.07, 6.45) is 3.67. The predicted molar refractivity (Wildman–Crippen MR) is 80.7 cm³/mol. The molecule has 2 aromatic rings. The van der Waals surface area contributed by atoms with Crippen LogP contribution in [0.3, 0.4) is 0 Å². The topological polar surface area (TPSA) is 72.9 Å². The molecule has 0 aliphatic carbocycles. The van der Waals surface area contributed by atoms with Crippen LogP contribution in [0.1, 0.15) is 13.8 Å². The number of anilines is 1. The molecule has 1 amide bonds. The Morgan fingerprint density at radius 3 is 2.50 bits per heavy atom. The van der Waals surface area contributed by atoms with E-state index in [1.165, 1.54) is 0 Å². The quantitative estimate of drug-likeness (QED) is 0.906. The van der Waals surface area contributed by atoms with Gasteiger partial charge in [0.05, 0.1) is 5.54 Å². The largest absolute Gasteiger partial charge is 0.329 e. The zero-order chi connectivity index (χ0) is 14.8. The van der Waals surface area contributed by atoms with Crippen molar-refractivity contribution in [1.82, 2.24) is 9.55 Å². The van der Waals surface area contributed by atoms with Gasteiger partial charge in [0.25, 0.3) is 0 Å². The van der Waals surface area contributed by atoms with Crippen molar-refractivity contribution < 1.29 is 4.79 Å². The SMILES string of the molecule is Cn1ccnc1Sc1ccc(NC(=O)C(C)(C)N)cc1. The van der Waals surface area contributed by atoms with Crippen molar-refractivity contribution in [3.63, 3.8) is 0 Å². The van der Waals surface area contributed by atoms with E-state index in [9.17, 15) is 4.79 Å². The summed E-state index contributed by atoms with van der Waals surface area (Å²) in [7, 11) is 1.95. The first kappa shape index (κ1) is 14.6. The van der Waals surface area contributed by atoms with Crippen molar-refractivity contribution in [2.45, 2.75) is 29.4 Å². The monoisotopic (exact) mass is 290 g/mol. The van der Waals surface area contributed by atoms with E-state index in [2.05, 4.69) is 10.3 Å². The van der Waals surface area contributed by atoms with Gasteiger partial charge in [0.2, 0.25) is 5.91 Å². The van der Waals surface area contributed by atoms with E-state index in [0.29, 0.717) is 0 Å². The number of aryl methyl sites for hydroxylation is 1. The smallest absolute Gasteiger partial charge is 0.243 e. The number of nitrogens with one attached hydrogen (secondary N) is 1. The number of benzene rings is 1. The number of hydrogen-bond acceptors (Lipinski definition) is 4. The summed E-state index contributed by atoms with van der Waals surface area (Å²) in [6.45, 7) is 3.35. The molecule has 0 aliphatic heterocycles. The molecule has 0 unspecified atom stereocenters. The number of carbonyl (C=O) groups excluding carboxylic acids is 1. The van der Waals surface area contributed by atoms with Crippen LogP contribution in [0, 0.1) is 0 Å². The summed E-state index contributed by atoms with van der Waals surface area (Å²) >= 11 is 1.57. The van der Waals surface area contributed by atoms with Crippen LogP contribution in [0.4, 0.5) is 5.69 Å². The Kier molecular flexibility index (Phi) is 4.15. The molecule has 0 saturated carbocycles. The van der Waals surface area contributed by atoms with E-state index in [1.54, 1.807) is 31.8 Å². The zero-order valence-corrected chi connectivity index (χ0v) is 12.6. The number of rotatable bonds is 4. The van der Waals surface area contributed by atoms with Crippen molar-refractivity contribution in [2.75, 3.05) is 5.32 Å². The molecular formula is C14H18N4OS. The van der Waals surface area contributed by atoms with Crippen LogP contribution in [-0.2, 0) is 11.8 Å². The second-order valence-corrected chi connectivity index (χ2v) is 6.16. The van der Waals surface area contributed by atoms with Crippen molar-refractivity contribution in [3.8, 4) is 0 Å². The fourth-order valence-corrected chi connectivity index (χ4v) is 2.26. The Bertz CT molecular complexity index is 598. The molecule has 0 aliphatic rings. The summed E-state index contributed by atoms with van der Waals surface area (Å²) in [5.41, 5.74) is 5.58. The van der Waals surface area contributed by atoms with E-state index in [-0.39, 0.29) is 5.91 Å². The molecule has 0 atom stereocenters. The van der Waals surface area contributed by atoms with Gasteiger partial charge in [0, 0.05) is 30.0 Å². The Balaban J connectivity index is 2.04. The van der Waals surface area contributed by atoms with Crippen LogP contribution in [0.25, 0.3) is 0 Å². The Morgan fingerprint density at radius 1 is 1.35 bits per heavy atom. The molecule has 1 aromatic heterocycles. The van der Waals surface area contributed by atoms with Gasteiger partial charge in [-0.15, -0.1) is 0 Å². The first-order chi connectivity index (χ1) is 9.36. The third-order valence-electron chi connectivity index (χ3n) is 2.68. The molecule has 106 valence electrons. The molecule has 5 nitrogen and oxygen atoms in total. The van der Waals surface area contributed by atoms with Crippen LogP contribution in [-0.4, -0.2) is 21.0 Å². The summed E-state index contributed by atoms with van der Waals surface area (Å²) in [6, 6.07) is 7.60. The van der Waals surface area contributed by atoms with E-state index in [4.69, 9.17) is 5.73 Å². The molecule has 0 fully saturated rings. The van der Waals surface area contributed by atoms with Crippen LogP contribution < -0.4 is 11.1 Å². The standard InChI is InChI=1S/C14H18N4OS/c1-14(2,15)12(19)17-10-4-6-11(7-5-10)20-13-16-8-9-18(13)3/h4-9H,15H2,1-3H3,(H,17,19). The van der Waals surface area contributed by atoms with E-state index >= 15 is 0 Å². The fraction of sp³-hybridized carbons (Fsp3) is 0.286. The highest BCUT2D eigenvalue weighted by molar-refractivity contribution is 7.99. The Labute approximate surface area is 122 Å². The molecule has 2 rings (SSSR count). The summed E-state index contributed by atoms with van der Waals surface area (Å²) in [5, 5.41) is 3.71. The van der Waals surface area contributed by atoms with E-state index in [1.807, 2.05) is 42.1 Å². The van der Waals surface area contributed by atoms with Crippen LogP contribution in [0.5, 0.6) is 0 Å². The maximum atomic E-state index is 11.8. The minimum atomic E-state index is -0.889. The second-order valence-electron chi connectivity index (χ2n) is 5.12. The molecule has 1 aromatic carbocycles. The van der Waals surface area contributed by atoms with Gasteiger partial charge in [-0.05, 0) is 38.1 Å². The van der Waals surface area contributed by atoms with Gasteiger partial charge in [-0.25, -0.2) is 4.98 Å². The third-order valence-corrected chi connectivity index (χ3v) is 3.77. The predicted octanol–water partition coefficient (Wildman–Crippen LogP) is 2.25. The van der Waals surface area contributed by atoms with Gasteiger partial charge in [-0.1, -0.05) is 11.8 Å². The fourth-order valence-electron chi connectivity index (χ4n) is 1.45. The van der Waals surface area contributed by atoms with Gasteiger partial charge < -0.3 is 15.6 Å². The molecule has 0 radical (unpaired) electrons.